The van der Waals surface area contributed by atoms with Crippen molar-refractivity contribution in [1.82, 2.24) is 5.32 Å². The minimum atomic E-state index is -1.30. The van der Waals surface area contributed by atoms with Gasteiger partial charge in [0.05, 0.1) is 35.2 Å². The fourth-order valence-corrected chi connectivity index (χ4v) is 3.14. The first-order valence-corrected chi connectivity index (χ1v) is 8.74. The summed E-state index contributed by atoms with van der Waals surface area (Å²) in [4.78, 5) is 49.5. The molecular formula is C18H19N3O9. The smallest absolute Gasteiger partial charge is 0.336 e. The number of rotatable bonds is 9. The van der Waals surface area contributed by atoms with Crippen molar-refractivity contribution in [3.05, 3.63) is 72.6 Å². The molecule has 0 fully saturated rings. The van der Waals surface area contributed by atoms with Gasteiger partial charge in [0.25, 0.3) is 10.8 Å². The normalized spacial score (nSPS) is 16.0. The molecule has 1 atom stereocenters. The van der Waals surface area contributed by atoms with Gasteiger partial charge in [0.15, 0.2) is 0 Å². The fourth-order valence-electron chi connectivity index (χ4n) is 3.14. The summed E-state index contributed by atoms with van der Waals surface area (Å²) in [5.74, 6) is -3.25. The molecule has 160 valence electrons. The molecular weight excluding hydrogens is 402 g/mol. The molecule has 1 aliphatic rings. The molecule has 0 aliphatic carbocycles. The van der Waals surface area contributed by atoms with Crippen LogP contribution >= 0.6 is 0 Å². The molecule has 0 radical (unpaired) electrons. The van der Waals surface area contributed by atoms with E-state index in [0.29, 0.717) is 5.70 Å². The summed E-state index contributed by atoms with van der Waals surface area (Å²) in [6.07, 6.45) is 0.0502. The molecule has 1 aromatic rings. The third-order valence-electron chi connectivity index (χ3n) is 4.34. The summed E-state index contributed by atoms with van der Waals surface area (Å²) < 4.78 is 5.14. The first-order valence-electron chi connectivity index (χ1n) is 8.74. The van der Waals surface area contributed by atoms with Crippen LogP contribution in [0.25, 0.3) is 0 Å². The van der Waals surface area contributed by atoms with Crippen molar-refractivity contribution in [2.75, 3.05) is 13.2 Å². The molecule has 12 heteroatoms. The number of nitro benzene ring substituents is 1. The zero-order chi connectivity index (χ0) is 22.4. The van der Waals surface area contributed by atoms with Gasteiger partial charge in [0.2, 0.25) is 0 Å². The number of allylic oxidation sites excluding steroid dienone is 2. The number of carboxylic acids is 1. The van der Waals surface area contributed by atoms with Crippen molar-refractivity contribution in [3.63, 3.8) is 0 Å². The molecule has 0 aromatic heterocycles. The quantitative estimate of drug-likeness (QED) is 0.260. The molecule has 0 spiro atoms. The molecule has 0 amide bonds. The maximum atomic E-state index is 12.7. The molecule has 0 saturated heterocycles. The van der Waals surface area contributed by atoms with Crippen molar-refractivity contribution in [2.24, 2.45) is 0 Å². The maximum Gasteiger partial charge on any atom is 0.336 e. The molecule has 0 bridgehead atoms. The van der Waals surface area contributed by atoms with E-state index in [1.807, 2.05) is 0 Å². The molecule has 1 heterocycles. The third kappa shape index (κ3) is 5.10. The average Bonchev–Trinajstić information content (AvgIpc) is 2.66. The highest BCUT2D eigenvalue weighted by Gasteiger charge is 2.37. The van der Waals surface area contributed by atoms with Gasteiger partial charge >= 0.3 is 11.9 Å². The summed E-state index contributed by atoms with van der Waals surface area (Å²) in [6, 6.07) is 5.35. The Labute approximate surface area is 170 Å². The van der Waals surface area contributed by atoms with E-state index in [0.717, 1.165) is 0 Å². The Morgan fingerprint density at radius 1 is 1.13 bits per heavy atom. The van der Waals surface area contributed by atoms with Crippen LogP contribution in [0.15, 0.2) is 46.8 Å². The number of hydrogen-bond acceptors (Lipinski definition) is 9. The van der Waals surface area contributed by atoms with E-state index in [4.69, 9.17) is 4.74 Å². The van der Waals surface area contributed by atoms with Crippen LogP contribution in [0.1, 0.15) is 31.7 Å². The number of dihydropyridines is 1. The summed E-state index contributed by atoms with van der Waals surface area (Å²) in [5.41, 5.74) is 0.438. The third-order valence-corrected chi connectivity index (χ3v) is 4.34. The first-order chi connectivity index (χ1) is 14.1. The summed E-state index contributed by atoms with van der Waals surface area (Å²) >= 11 is 0. The number of non-ortho nitro benzene ring substituents is 1. The van der Waals surface area contributed by atoms with Crippen molar-refractivity contribution in [1.29, 1.82) is 0 Å². The number of carbonyl (C=O) groups excluding carboxylic acids is 1. The second-order valence-corrected chi connectivity index (χ2v) is 6.34. The molecule has 2 N–H and O–H groups in total. The van der Waals surface area contributed by atoms with Gasteiger partial charge in [-0.05, 0) is 19.4 Å². The Morgan fingerprint density at radius 2 is 1.80 bits per heavy atom. The van der Waals surface area contributed by atoms with Gasteiger partial charge in [-0.25, -0.2) is 9.59 Å². The summed E-state index contributed by atoms with van der Waals surface area (Å²) in [5, 5.41) is 32.9. The molecule has 30 heavy (non-hydrogen) atoms. The van der Waals surface area contributed by atoms with Gasteiger partial charge in [-0.2, -0.15) is 0 Å². The van der Waals surface area contributed by atoms with Crippen LogP contribution in [0.2, 0.25) is 0 Å². The van der Waals surface area contributed by atoms with Gasteiger partial charge in [0.1, 0.15) is 0 Å². The number of esters is 1. The maximum absolute atomic E-state index is 12.7. The largest absolute Gasteiger partial charge is 0.478 e. The van der Waals surface area contributed by atoms with Gasteiger partial charge in [-0.1, -0.05) is 12.1 Å². The zero-order valence-corrected chi connectivity index (χ0v) is 16.1. The van der Waals surface area contributed by atoms with Crippen molar-refractivity contribution in [3.8, 4) is 0 Å². The van der Waals surface area contributed by atoms with Crippen LogP contribution in [-0.2, 0) is 19.2 Å². The van der Waals surface area contributed by atoms with E-state index >= 15 is 0 Å². The first kappa shape index (κ1) is 22.3. The Bertz CT molecular complexity index is 952. The highest BCUT2D eigenvalue weighted by Crippen LogP contribution is 2.39. The van der Waals surface area contributed by atoms with E-state index in [9.17, 15) is 34.9 Å². The molecule has 1 aromatic carbocycles. The van der Waals surface area contributed by atoms with E-state index in [1.54, 1.807) is 6.92 Å². The Morgan fingerprint density at radius 3 is 2.40 bits per heavy atom. The molecule has 12 nitrogen and oxygen atoms in total. The van der Waals surface area contributed by atoms with Crippen LogP contribution in [0.5, 0.6) is 0 Å². The highest BCUT2D eigenvalue weighted by atomic mass is 16.9. The number of aliphatic carboxylic acids is 1. The Hall–Kier alpha value is -3.96. The lowest BCUT2D eigenvalue weighted by molar-refractivity contribution is -0.757. The predicted octanol–water partition coefficient (Wildman–Crippen LogP) is 2.06. The minimum Gasteiger partial charge on any atom is -0.478 e. The molecule has 0 saturated carbocycles. The number of hydrogen-bond donors (Lipinski definition) is 2. The van der Waals surface area contributed by atoms with E-state index < -0.39 is 27.9 Å². The fraction of sp³-hybridized carbons (Fsp3) is 0.333. The van der Waals surface area contributed by atoms with Crippen LogP contribution in [0, 0.1) is 20.2 Å². The second-order valence-electron chi connectivity index (χ2n) is 6.34. The van der Waals surface area contributed by atoms with Gasteiger partial charge in [0, 0.05) is 29.9 Å². The van der Waals surface area contributed by atoms with E-state index in [1.165, 1.54) is 31.2 Å². The van der Waals surface area contributed by atoms with Crippen molar-refractivity contribution < 1.29 is 34.3 Å². The predicted molar refractivity (Wildman–Crippen MR) is 101 cm³/mol. The van der Waals surface area contributed by atoms with Crippen LogP contribution in [0.4, 0.5) is 5.69 Å². The topological polar surface area (TPSA) is 171 Å². The number of carboxylic acid groups (broad SMARTS) is 1. The van der Waals surface area contributed by atoms with Gasteiger partial charge in [-0.15, -0.1) is 10.1 Å². The van der Waals surface area contributed by atoms with Gasteiger partial charge < -0.3 is 20.0 Å². The van der Waals surface area contributed by atoms with E-state index in [2.05, 4.69) is 10.2 Å². The number of benzene rings is 1. The number of nitro groups is 1. The average molecular weight is 421 g/mol. The molecule has 1 aliphatic heterocycles. The lowest BCUT2D eigenvalue weighted by atomic mass is 9.80. The standard InChI is InChI=1S/C18H19N3O9/c1-10-14(17(22)23)16(12-5-3-6-13(9-12)20(25)26)15(11(2)19-10)18(24)29-7-4-8-30-21(27)28/h3,5-6,9,16,19H,4,7-8H2,1-2H3,(H,22,23). The van der Waals surface area contributed by atoms with Crippen LogP contribution in [0.3, 0.4) is 0 Å². The minimum absolute atomic E-state index is 0.0197. The Balaban J connectivity index is 2.38. The van der Waals surface area contributed by atoms with Crippen molar-refractivity contribution in [2.45, 2.75) is 26.2 Å². The van der Waals surface area contributed by atoms with E-state index in [-0.39, 0.29) is 47.7 Å². The molecule has 1 unspecified atom stereocenters. The number of ether oxygens (including phenoxy) is 1. The zero-order valence-electron chi connectivity index (χ0n) is 16.1. The summed E-state index contributed by atoms with van der Waals surface area (Å²) in [7, 11) is 0. The Kier molecular flexibility index (Phi) is 7.07. The van der Waals surface area contributed by atoms with Gasteiger partial charge in [-0.3, -0.25) is 10.1 Å². The molecule has 2 rings (SSSR count). The SMILES string of the molecule is CC1=C(C(=O)O)C(c2cccc([N+](=O)[O-])c2)C(C(=O)OCCCO[N+](=O)[O-])=C(C)N1. The number of nitrogens with one attached hydrogen (secondary N) is 1. The number of nitrogens with zero attached hydrogens (tertiary/aromatic N) is 2. The van der Waals surface area contributed by atoms with Crippen LogP contribution in [-0.4, -0.2) is 40.3 Å². The highest BCUT2D eigenvalue weighted by molar-refractivity contribution is 5.99. The monoisotopic (exact) mass is 421 g/mol. The number of carbonyl (C=O) groups is 2. The van der Waals surface area contributed by atoms with Crippen molar-refractivity contribution >= 4 is 17.6 Å². The van der Waals surface area contributed by atoms with Crippen LogP contribution < -0.4 is 5.32 Å². The lowest BCUT2D eigenvalue weighted by Crippen LogP contribution is -2.32. The summed E-state index contributed by atoms with van der Waals surface area (Å²) in [6.45, 7) is 2.60. The second kappa shape index (κ2) is 9.49. The lowest BCUT2D eigenvalue weighted by Gasteiger charge is -2.29.